The second kappa shape index (κ2) is 6.01. The lowest BCUT2D eigenvalue weighted by Gasteiger charge is -2.36. The molecule has 19 heavy (non-hydrogen) atoms. The van der Waals surface area contributed by atoms with E-state index in [9.17, 15) is 0 Å². The van der Waals surface area contributed by atoms with Gasteiger partial charge in [0.15, 0.2) is 0 Å². The van der Waals surface area contributed by atoms with E-state index in [1.165, 1.54) is 10.4 Å². The van der Waals surface area contributed by atoms with Gasteiger partial charge in [0.1, 0.15) is 0 Å². The molecule has 0 bridgehead atoms. The molecule has 0 spiro atoms. The zero-order valence-electron chi connectivity index (χ0n) is 10.6. The van der Waals surface area contributed by atoms with E-state index < -0.39 is 0 Å². The standard InChI is InChI=1S/C14H16ClN3S/c15-13-4-2-1-3-12(13)14-8-16-5-6-18(14)9-11-7-17-10-19-11/h1-4,7,10,14,16H,5-6,8-9H2. The van der Waals surface area contributed by atoms with Gasteiger partial charge in [-0.15, -0.1) is 11.3 Å². The van der Waals surface area contributed by atoms with E-state index in [4.69, 9.17) is 11.6 Å². The van der Waals surface area contributed by atoms with Crippen LogP contribution in [-0.4, -0.2) is 29.5 Å². The maximum absolute atomic E-state index is 6.34. The number of aromatic nitrogens is 1. The highest BCUT2D eigenvalue weighted by molar-refractivity contribution is 7.09. The van der Waals surface area contributed by atoms with Crippen molar-refractivity contribution in [1.82, 2.24) is 15.2 Å². The minimum atomic E-state index is 0.338. The van der Waals surface area contributed by atoms with Gasteiger partial charge in [0.05, 0.1) is 5.51 Å². The summed E-state index contributed by atoms with van der Waals surface area (Å²) in [5.74, 6) is 0. The second-order valence-electron chi connectivity index (χ2n) is 4.68. The molecule has 0 radical (unpaired) electrons. The third-order valence-electron chi connectivity index (χ3n) is 3.46. The van der Waals surface area contributed by atoms with Gasteiger partial charge in [-0.1, -0.05) is 29.8 Å². The Hall–Kier alpha value is -0.940. The monoisotopic (exact) mass is 293 g/mol. The average Bonchev–Trinajstić information content (AvgIpc) is 2.93. The molecular formula is C14H16ClN3S. The number of rotatable bonds is 3. The predicted molar refractivity (Wildman–Crippen MR) is 79.6 cm³/mol. The number of hydrogen-bond donors (Lipinski definition) is 1. The lowest BCUT2D eigenvalue weighted by Crippen LogP contribution is -2.45. The third kappa shape index (κ3) is 2.98. The Bertz CT molecular complexity index is 529. The third-order valence-corrected chi connectivity index (χ3v) is 4.57. The number of hydrogen-bond acceptors (Lipinski definition) is 4. The SMILES string of the molecule is Clc1ccccc1C1CNCCN1Cc1cncs1. The summed E-state index contributed by atoms with van der Waals surface area (Å²) < 4.78 is 0. The number of piperazine rings is 1. The molecule has 1 aliphatic rings. The highest BCUT2D eigenvalue weighted by atomic mass is 35.5. The Morgan fingerprint density at radius 2 is 2.32 bits per heavy atom. The zero-order valence-corrected chi connectivity index (χ0v) is 12.1. The van der Waals surface area contributed by atoms with E-state index in [-0.39, 0.29) is 0 Å². The van der Waals surface area contributed by atoms with E-state index in [1.807, 2.05) is 23.8 Å². The van der Waals surface area contributed by atoms with Crippen molar-refractivity contribution in [1.29, 1.82) is 0 Å². The first-order chi connectivity index (χ1) is 9.34. The number of nitrogens with zero attached hydrogens (tertiary/aromatic N) is 2. The quantitative estimate of drug-likeness (QED) is 0.943. The van der Waals surface area contributed by atoms with Crippen molar-refractivity contribution in [2.45, 2.75) is 12.6 Å². The molecule has 2 aromatic rings. The van der Waals surface area contributed by atoms with Crippen LogP contribution in [0.2, 0.25) is 5.02 Å². The Morgan fingerprint density at radius 1 is 1.42 bits per heavy atom. The maximum Gasteiger partial charge on any atom is 0.0794 e. The summed E-state index contributed by atoms with van der Waals surface area (Å²) in [5.41, 5.74) is 3.10. The van der Waals surface area contributed by atoms with Crippen molar-refractivity contribution in [3.05, 3.63) is 51.4 Å². The van der Waals surface area contributed by atoms with Gasteiger partial charge >= 0.3 is 0 Å². The molecule has 3 nitrogen and oxygen atoms in total. The molecule has 2 heterocycles. The molecule has 1 aromatic heterocycles. The summed E-state index contributed by atoms with van der Waals surface area (Å²) in [5, 5.41) is 4.31. The van der Waals surface area contributed by atoms with Crippen LogP contribution in [0.15, 0.2) is 36.0 Å². The van der Waals surface area contributed by atoms with Crippen LogP contribution in [0.1, 0.15) is 16.5 Å². The molecule has 1 aliphatic heterocycles. The summed E-state index contributed by atoms with van der Waals surface area (Å²) >= 11 is 8.05. The lowest BCUT2D eigenvalue weighted by molar-refractivity contribution is 0.155. The predicted octanol–water partition coefficient (Wildman–Crippen LogP) is 2.94. The molecule has 1 N–H and O–H groups in total. The van der Waals surface area contributed by atoms with Gasteiger partial charge in [-0.25, -0.2) is 0 Å². The normalized spacial score (nSPS) is 20.6. The van der Waals surface area contributed by atoms with Crippen LogP contribution in [0.3, 0.4) is 0 Å². The Morgan fingerprint density at radius 3 is 3.11 bits per heavy atom. The van der Waals surface area contributed by atoms with Crippen LogP contribution in [0, 0.1) is 0 Å². The summed E-state index contributed by atoms with van der Waals surface area (Å²) in [6.07, 6.45) is 1.95. The van der Waals surface area contributed by atoms with E-state index in [0.717, 1.165) is 31.2 Å². The molecule has 100 valence electrons. The molecule has 3 rings (SSSR count). The minimum absolute atomic E-state index is 0.338. The minimum Gasteiger partial charge on any atom is -0.314 e. The molecule has 5 heteroatoms. The van der Waals surface area contributed by atoms with Gasteiger partial charge in [0, 0.05) is 48.3 Å². The molecule has 1 fully saturated rings. The molecule has 1 saturated heterocycles. The smallest absolute Gasteiger partial charge is 0.0794 e. The number of halogens is 1. The first kappa shape index (κ1) is 13.1. The van der Waals surface area contributed by atoms with Crippen LogP contribution >= 0.6 is 22.9 Å². The van der Waals surface area contributed by atoms with E-state index in [0.29, 0.717) is 6.04 Å². The highest BCUT2D eigenvalue weighted by Crippen LogP contribution is 2.29. The van der Waals surface area contributed by atoms with Gasteiger partial charge < -0.3 is 5.32 Å². The largest absolute Gasteiger partial charge is 0.314 e. The Kier molecular flexibility index (Phi) is 4.13. The van der Waals surface area contributed by atoms with Crippen molar-refractivity contribution in [2.75, 3.05) is 19.6 Å². The van der Waals surface area contributed by atoms with Crippen molar-refractivity contribution >= 4 is 22.9 Å². The van der Waals surface area contributed by atoms with Crippen molar-refractivity contribution in [3.63, 3.8) is 0 Å². The van der Waals surface area contributed by atoms with Crippen molar-refractivity contribution in [3.8, 4) is 0 Å². The maximum atomic E-state index is 6.34. The molecule has 1 unspecified atom stereocenters. The van der Waals surface area contributed by atoms with Gasteiger partial charge in [0.25, 0.3) is 0 Å². The summed E-state index contributed by atoms with van der Waals surface area (Å²) in [6.45, 7) is 3.96. The van der Waals surface area contributed by atoms with Crippen LogP contribution in [0.25, 0.3) is 0 Å². The summed E-state index contributed by atoms with van der Waals surface area (Å²) in [4.78, 5) is 7.94. The van der Waals surface area contributed by atoms with Crippen molar-refractivity contribution in [2.24, 2.45) is 0 Å². The molecular weight excluding hydrogens is 278 g/mol. The van der Waals surface area contributed by atoms with E-state index >= 15 is 0 Å². The molecule has 0 saturated carbocycles. The average molecular weight is 294 g/mol. The van der Waals surface area contributed by atoms with Crippen LogP contribution in [0.5, 0.6) is 0 Å². The second-order valence-corrected chi connectivity index (χ2v) is 6.06. The fourth-order valence-corrected chi connectivity index (χ4v) is 3.39. The van der Waals surface area contributed by atoms with Crippen LogP contribution in [0.4, 0.5) is 0 Å². The van der Waals surface area contributed by atoms with Crippen molar-refractivity contribution < 1.29 is 0 Å². The van der Waals surface area contributed by atoms with Gasteiger partial charge in [-0.2, -0.15) is 0 Å². The molecule has 0 amide bonds. The molecule has 0 aliphatic carbocycles. The highest BCUT2D eigenvalue weighted by Gasteiger charge is 2.25. The summed E-state index contributed by atoms with van der Waals surface area (Å²) in [7, 11) is 0. The first-order valence-electron chi connectivity index (χ1n) is 6.41. The summed E-state index contributed by atoms with van der Waals surface area (Å²) in [6, 6.07) is 8.47. The van der Waals surface area contributed by atoms with Crippen LogP contribution in [-0.2, 0) is 6.54 Å². The first-order valence-corrected chi connectivity index (χ1v) is 7.67. The van der Waals surface area contributed by atoms with Gasteiger partial charge in [0.2, 0.25) is 0 Å². The lowest BCUT2D eigenvalue weighted by atomic mass is 10.0. The van der Waals surface area contributed by atoms with Crippen LogP contribution < -0.4 is 5.32 Å². The number of thiazole rings is 1. The zero-order chi connectivity index (χ0) is 13.1. The Balaban J connectivity index is 1.83. The van der Waals surface area contributed by atoms with Gasteiger partial charge in [-0.05, 0) is 11.6 Å². The number of benzene rings is 1. The van der Waals surface area contributed by atoms with Gasteiger partial charge in [-0.3, -0.25) is 9.88 Å². The Labute approximate surface area is 122 Å². The fraction of sp³-hybridized carbons (Fsp3) is 0.357. The van der Waals surface area contributed by atoms with E-state index in [2.05, 4.69) is 27.3 Å². The number of nitrogens with one attached hydrogen (secondary N) is 1. The van der Waals surface area contributed by atoms with E-state index in [1.54, 1.807) is 11.3 Å². The fourth-order valence-electron chi connectivity index (χ4n) is 2.51. The molecule has 1 aromatic carbocycles. The topological polar surface area (TPSA) is 28.2 Å². The molecule has 1 atom stereocenters.